The minimum Gasteiger partial charge on any atom is -0.285 e. The average Bonchev–Trinajstić information content (AvgIpc) is 2.10. The van der Waals surface area contributed by atoms with Gasteiger partial charge in [-0.05, 0) is 6.92 Å². The summed E-state index contributed by atoms with van der Waals surface area (Å²) < 4.78 is 0. The average molecular weight is 188 g/mol. The van der Waals surface area contributed by atoms with E-state index in [9.17, 15) is 14.4 Å². The van der Waals surface area contributed by atoms with Crippen LogP contribution in [0.5, 0.6) is 0 Å². The second kappa shape index (κ2) is 5.73. The molecule has 1 N–H and O–H groups in total. The molecule has 0 aromatic heterocycles. The van der Waals surface area contributed by atoms with Crippen LogP contribution in [0, 0.1) is 0 Å². The number of nitrogens with zero attached hydrogens (tertiary/aromatic N) is 1. The molecular formula is C6H8N2O5. The zero-order valence-corrected chi connectivity index (χ0v) is 7.07. The lowest BCUT2D eigenvalue weighted by molar-refractivity contribution is -0.258. The SMILES string of the molecule is CC(=O)OOC(=O)C(C)NN=C=O. The van der Waals surface area contributed by atoms with E-state index in [0.717, 1.165) is 6.92 Å². The van der Waals surface area contributed by atoms with Gasteiger partial charge in [0.1, 0.15) is 6.04 Å². The molecule has 0 amide bonds. The van der Waals surface area contributed by atoms with E-state index in [1.807, 2.05) is 0 Å². The number of nitrogens with one attached hydrogen (secondary N) is 1. The molecule has 1 atom stereocenters. The predicted octanol–water partition coefficient (Wildman–Crippen LogP) is -0.763. The van der Waals surface area contributed by atoms with E-state index >= 15 is 0 Å². The van der Waals surface area contributed by atoms with E-state index in [2.05, 4.69) is 20.3 Å². The Morgan fingerprint density at radius 1 is 1.46 bits per heavy atom. The highest BCUT2D eigenvalue weighted by Crippen LogP contribution is 1.89. The molecule has 1 unspecified atom stereocenters. The molecule has 13 heavy (non-hydrogen) atoms. The number of hydrogen-bond acceptors (Lipinski definition) is 7. The third-order valence-corrected chi connectivity index (χ3v) is 0.899. The maximum absolute atomic E-state index is 10.8. The van der Waals surface area contributed by atoms with Gasteiger partial charge < -0.3 is 0 Å². The smallest absolute Gasteiger partial charge is 0.285 e. The Labute approximate surface area is 73.6 Å². The van der Waals surface area contributed by atoms with Crippen molar-refractivity contribution in [2.24, 2.45) is 5.10 Å². The monoisotopic (exact) mass is 188 g/mol. The Bertz CT molecular complexity index is 245. The van der Waals surface area contributed by atoms with Crippen LogP contribution in [0.2, 0.25) is 0 Å². The lowest BCUT2D eigenvalue weighted by atomic mass is 10.4. The molecule has 0 spiro atoms. The van der Waals surface area contributed by atoms with Gasteiger partial charge in [0.25, 0.3) is 6.08 Å². The Balaban J connectivity index is 3.82. The van der Waals surface area contributed by atoms with Crippen molar-refractivity contribution in [1.29, 1.82) is 0 Å². The third-order valence-electron chi connectivity index (χ3n) is 0.899. The summed E-state index contributed by atoms with van der Waals surface area (Å²) in [6.45, 7) is 2.45. The quantitative estimate of drug-likeness (QED) is 0.270. The van der Waals surface area contributed by atoms with Crippen molar-refractivity contribution in [3.05, 3.63) is 0 Å². The molecule has 7 nitrogen and oxygen atoms in total. The summed E-state index contributed by atoms with van der Waals surface area (Å²) in [5, 5.41) is 2.92. The third kappa shape index (κ3) is 5.40. The van der Waals surface area contributed by atoms with Gasteiger partial charge in [-0.1, -0.05) is 5.10 Å². The summed E-state index contributed by atoms with van der Waals surface area (Å²) in [7, 11) is 0. The molecule has 0 heterocycles. The first-order chi connectivity index (χ1) is 6.07. The fraction of sp³-hybridized carbons (Fsp3) is 0.500. The molecule has 0 aliphatic heterocycles. The van der Waals surface area contributed by atoms with Crippen LogP contribution in [0.25, 0.3) is 0 Å². The first-order valence-corrected chi connectivity index (χ1v) is 3.29. The summed E-state index contributed by atoms with van der Waals surface area (Å²) >= 11 is 0. The summed E-state index contributed by atoms with van der Waals surface area (Å²) in [4.78, 5) is 38.5. The normalized spacial score (nSPS) is 10.6. The summed E-state index contributed by atoms with van der Waals surface area (Å²) in [5.41, 5.74) is 2.09. The second-order valence-electron chi connectivity index (χ2n) is 2.03. The number of carbonyl (C=O) groups excluding carboxylic acids is 3. The minimum atomic E-state index is -0.888. The summed E-state index contributed by atoms with van der Waals surface area (Å²) in [6, 6.07) is -0.888. The molecule has 0 radical (unpaired) electrons. The van der Waals surface area contributed by atoms with Gasteiger partial charge in [-0.3, -0.25) is 5.43 Å². The van der Waals surface area contributed by atoms with Crippen molar-refractivity contribution in [2.45, 2.75) is 19.9 Å². The van der Waals surface area contributed by atoms with Crippen molar-refractivity contribution in [3.8, 4) is 0 Å². The molecule has 0 saturated heterocycles. The van der Waals surface area contributed by atoms with E-state index in [1.165, 1.54) is 13.0 Å². The van der Waals surface area contributed by atoms with Gasteiger partial charge >= 0.3 is 11.9 Å². The molecular weight excluding hydrogens is 180 g/mol. The minimum absolute atomic E-state index is 0.751. The van der Waals surface area contributed by atoms with Crippen LogP contribution in [-0.2, 0) is 24.2 Å². The fourth-order valence-corrected chi connectivity index (χ4v) is 0.348. The number of carbonyl (C=O) groups is 2. The lowest BCUT2D eigenvalue weighted by Gasteiger charge is -2.06. The van der Waals surface area contributed by atoms with Crippen LogP contribution in [-0.4, -0.2) is 24.1 Å². The number of hydrogen-bond donors (Lipinski definition) is 1. The highest BCUT2D eigenvalue weighted by Gasteiger charge is 2.15. The number of isocyanates is 1. The largest absolute Gasteiger partial charge is 0.378 e. The Hall–Kier alpha value is -1.88. The highest BCUT2D eigenvalue weighted by atomic mass is 17.2. The van der Waals surface area contributed by atoms with Crippen molar-refractivity contribution < 1.29 is 24.2 Å². The van der Waals surface area contributed by atoms with Crippen LogP contribution in [0.1, 0.15) is 13.8 Å². The van der Waals surface area contributed by atoms with Crippen molar-refractivity contribution in [3.63, 3.8) is 0 Å². The zero-order chi connectivity index (χ0) is 10.3. The van der Waals surface area contributed by atoms with Gasteiger partial charge in [0.2, 0.25) is 0 Å². The van der Waals surface area contributed by atoms with E-state index in [-0.39, 0.29) is 0 Å². The maximum Gasteiger partial charge on any atom is 0.378 e. The van der Waals surface area contributed by atoms with Crippen molar-refractivity contribution in [1.82, 2.24) is 5.43 Å². The van der Waals surface area contributed by atoms with E-state index in [1.54, 1.807) is 0 Å². The van der Waals surface area contributed by atoms with Gasteiger partial charge in [-0.25, -0.2) is 24.2 Å². The second-order valence-corrected chi connectivity index (χ2v) is 2.03. The first kappa shape index (κ1) is 11.1. The van der Waals surface area contributed by atoms with Crippen LogP contribution in [0.4, 0.5) is 0 Å². The predicted molar refractivity (Wildman–Crippen MR) is 38.6 cm³/mol. The Morgan fingerprint density at radius 3 is 2.54 bits per heavy atom. The van der Waals surface area contributed by atoms with E-state index in [4.69, 9.17) is 0 Å². The number of hydrazone groups is 1. The molecule has 0 aliphatic carbocycles. The Kier molecular flexibility index (Phi) is 4.90. The zero-order valence-electron chi connectivity index (χ0n) is 7.07. The van der Waals surface area contributed by atoms with Crippen LogP contribution < -0.4 is 5.43 Å². The lowest BCUT2D eigenvalue weighted by Crippen LogP contribution is -2.32. The molecule has 0 saturated carbocycles. The standard InChI is InChI=1S/C6H8N2O5/c1-4(8-7-3-9)6(11)13-12-5(2)10/h4,8H,1-2H3. The van der Waals surface area contributed by atoms with Crippen LogP contribution in [0.15, 0.2) is 5.10 Å². The molecule has 72 valence electrons. The molecule has 0 fully saturated rings. The van der Waals surface area contributed by atoms with Crippen LogP contribution in [0.3, 0.4) is 0 Å². The highest BCUT2D eigenvalue weighted by molar-refractivity contribution is 5.76. The molecule has 0 aliphatic rings. The van der Waals surface area contributed by atoms with Gasteiger partial charge in [0.05, 0.1) is 0 Å². The van der Waals surface area contributed by atoms with Gasteiger partial charge in [-0.2, -0.15) is 0 Å². The number of rotatable bonds is 3. The van der Waals surface area contributed by atoms with Gasteiger partial charge in [0.15, 0.2) is 0 Å². The van der Waals surface area contributed by atoms with Gasteiger partial charge in [0, 0.05) is 6.92 Å². The van der Waals surface area contributed by atoms with E-state index in [0.29, 0.717) is 0 Å². The summed E-state index contributed by atoms with van der Waals surface area (Å²) in [6.07, 6.45) is 1.17. The maximum atomic E-state index is 10.8. The molecule has 7 heteroatoms. The summed E-state index contributed by atoms with van der Waals surface area (Å²) in [5.74, 6) is -1.62. The Morgan fingerprint density at radius 2 is 2.08 bits per heavy atom. The molecule has 0 aromatic carbocycles. The molecule has 0 rings (SSSR count). The van der Waals surface area contributed by atoms with Crippen molar-refractivity contribution in [2.75, 3.05) is 0 Å². The molecule has 0 bridgehead atoms. The fourth-order valence-electron chi connectivity index (χ4n) is 0.348. The first-order valence-electron chi connectivity index (χ1n) is 3.29. The topological polar surface area (TPSA) is 94.1 Å². The molecule has 0 aromatic rings. The van der Waals surface area contributed by atoms with Gasteiger partial charge in [-0.15, -0.1) is 0 Å². The van der Waals surface area contributed by atoms with E-state index < -0.39 is 18.0 Å². The van der Waals surface area contributed by atoms with Crippen molar-refractivity contribution >= 4 is 18.0 Å². The van der Waals surface area contributed by atoms with Crippen LogP contribution >= 0.6 is 0 Å².